The Morgan fingerprint density at radius 3 is 1.61 bits per heavy atom. The van der Waals surface area contributed by atoms with Crippen molar-refractivity contribution in [3.63, 3.8) is 0 Å². The van der Waals surface area contributed by atoms with E-state index in [1.807, 2.05) is 36.4 Å². The van der Waals surface area contributed by atoms with Crippen molar-refractivity contribution in [2.45, 2.75) is 25.4 Å². The lowest BCUT2D eigenvalue weighted by molar-refractivity contribution is 0.0892. The molecule has 6 nitrogen and oxygen atoms in total. The molecule has 28 heavy (non-hydrogen) atoms. The van der Waals surface area contributed by atoms with Crippen LogP contribution >= 0.6 is 0 Å². The fourth-order valence-corrected chi connectivity index (χ4v) is 3.32. The number of aliphatic hydroxyl groups is 2. The fourth-order valence-electron chi connectivity index (χ4n) is 3.32. The largest absolute Gasteiger partial charge is 0.493 e. The molecule has 0 aliphatic rings. The van der Waals surface area contributed by atoms with Gasteiger partial charge in [0.1, 0.15) is 0 Å². The molecule has 2 aromatic carbocycles. The zero-order chi connectivity index (χ0) is 20.5. The topological polar surface area (TPSA) is 77.4 Å². The van der Waals surface area contributed by atoms with Gasteiger partial charge in [0.2, 0.25) is 0 Å². The van der Waals surface area contributed by atoms with Gasteiger partial charge >= 0.3 is 0 Å². The average molecular weight is 390 g/mol. The van der Waals surface area contributed by atoms with Crippen molar-refractivity contribution < 1.29 is 29.2 Å². The highest BCUT2D eigenvalue weighted by Crippen LogP contribution is 2.31. The van der Waals surface area contributed by atoms with E-state index in [1.165, 1.54) is 0 Å². The Bertz CT molecular complexity index is 746. The van der Waals surface area contributed by atoms with Crippen LogP contribution < -0.4 is 18.9 Å². The molecule has 0 heterocycles. The van der Waals surface area contributed by atoms with Gasteiger partial charge in [-0.3, -0.25) is 0 Å². The molecule has 2 aromatic rings. The first-order valence-corrected chi connectivity index (χ1v) is 9.27. The molecule has 6 heteroatoms. The lowest BCUT2D eigenvalue weighted by Crippen LogP contribution is -2.26. The third-order valence-electron chi connectivity index (χ3n) is 4.88. The Hall–Kier alpha value is -2.44. The molecule has 0 aliphatic heterocycles. The van der Waals surface area contributed by atoms with Gasteiger partial charge in [0, 0.05) is 6.61 Å². The predicted octanol–water partition coefficient (Wildman–Crippen LogP) is 2.87. The van der Waals surface area contributed by atoms with Crippen LogP contribution in [0.4, 0.5) is 0 Å². The highest BCUT2D eigenvalue weighted by Gasteiger charge is 2.21. The van der Waals surface area contributed by atoms with E-state index in [0.29, 0.717) is 42.3 Å². The molecule has 2 rings (SSSR count). The first-order chi connectivity index (χ1) is 13.6. The molecule has 0 saturated heterocycles. The summed E-state index contributed by atoms with van der Waals surface area (Å²) in [6, 6.07) is 11.3. The van der Waals surface area contributed by atoms with E-state index in [4.69, 9.17) is 18.9 Å². The molecule has 0 aliphatic carbocycles. The van der Waals surface area contributed by atoms with Crippen LogP contribution in [0.25, 0.3) is 0 Å². The Morgan fingerprint density at radius 2 is 1.18 bits per heavy atom. The summed E-state index contributed by atoms with van der Waals surface area (Å²) in [4.78, 5) is 0. The van der Waals surface area contributed by atoms with Crippen molar-refractivity contribution in [3.05, 3.63) is 47.5 Å². The van der Waals surface area contributed by atoms with Crippen LogP contribution in [0, 0.1) is 5.92 Å². The molecule has 0 bridgehead atoms. The van der Waals surface area contributed by atoms with Crippen LogP contribution in [-0.4, -0.2) is 51.4 Å². The smallest absolute Gasteiger partial charge is 0.160 e. The van der Waals surface area contributed by atoms with Gasteiger partial charge < -0.3 is 29.2 Å². The van der Waals surface area contributed by atoms with Crippen molar-refractivity contribution >= 4 is 0 Å². The summed E-state index contributed by atoms with van der Waals surface area (Å²) >= 11 is 0. The monoisotopic (exact) mass is 390 g/mol. The highest BCUT2D eigenvalue weighted by atomic mass is 16.5. The second kappa shape index (κ2) is 10.8. The molecule has 0 unspecified atom stereocenters. The van der Waals surface area contributed by atoms with Gasteiger partial charge in [-0.1, -0.05) is 12.1 Å². The number of ether oxygens (including phenoxy) is 4. The van der Waals surface area contributed by atoms with Gasteiger partial charge in [-0.25, -0.2) is 0 Å². The first kappa shape index (κ1) is 21.9. The molecule has 0 fully saturated rings. The first-order valence-electron chi connectivity index (χ1n) is 9.27. The van der Waals surface area contributed by atoms with E-state index in [2.05, 4.69) is 0 Å². The molecule has 0 saturated carbocycles. The fraction of sp³-hybridized carbons (Fsp3) is 0.455. The van der Waals surface area contributed by atoms with Gasteiger partial charge in [-0.05, 0) is 60.6 Å². The summed E-state index contributed by atoms with van der Waals surface area (Å²) in [5, 5.41) is 20.3. The molecular formula is C22H30O6. The number of aliphatic hydroxyl groups excluding tert-OH is 2. The Balaban J connectivity index is 2.14. The van der Waals surface area contributed by atoms with Gasteiger partial charge in [-0.2, -0.15) is 0 Å². The van der Waals surface area contributed by atoms with Gasteiger partial charge in [0.05, 0.1) is 34.5 Å². The zero-order valence-electron chi connectivity index (χ0n) is 17.0. The maximum absolute atomic E-state index is 10.8. The van der Waals surface area contributed by atoms with E-state index in [9.17, 15) is 10.2 Å². The molecule has 0 amide bonds. The summed E-state index contributed by atoms with van der Waals surface area (Å²) in [6.45, 7) is 0.0148. The maximum Gasteiger partial charge on any atom is 0.160 e. The van der Waals surface area contributed by atoms with Crippen LogP contribution in [0.1, 0.15) is 17.5 Å². The van der Waals surface area contributed by atoms with Crippen LogP contribution in [0.5, 0.6) is 23.0 Å². The maximum atomic E-state index is 10.8. The van der Waals surface area contributed by atoms with Crippen LogP contribution in [0.2, 0.25) is 0 Å². The Labute approximate surface area is 166 Å². The van der Waals surface area contributed by atoms with Crippen molar-refractivity contribution in [1.82, 2.24) is 0 Å². The van der Waals surface area contributed by atoms with Crippen molar-refractivity contribution in [1.29, 1.82) is 0 Å². The van der Waals surface area contributed by atoms with Crippen LogP contribution in [0.3, 0.4) is 0 Å². The predicted molar refractivity (Wildman–Crippen MR) is 108 cm³/mol. The number of methoxy groups -OCH3 is 4. The van der Waals surface area contributed by atoms with Gasteiger partial charge in [-0.15, -0.1) is 0 Å². The lowest BCUT2D eigenvalue weighted by Gasteiger charge is -2.23. The van der Waals surface area contributed by atoms with E-state index < -0.39 is 6.10 Å². The minimum atomic E-state index is -0.613. The lowest BCUT2D eigenvalue weighted by atomic mass is 9.88. The summed E-state index contributed by atoms with van der Waals surface area (Å²) in [7, 11) is 6.37. The second-order valence-corrected chi connectivity index (χ2v) is 6.63. The zero-order valence-corrected chi connectivity index (χ0v) is 17.0. The van der Waals surface area contributed by atoms with E-state index >= 15 is 0 Å². The third kappa shape index (κ3) is 5.53. The Kier molecular flexibility index (Phi) is 8.42. The summed E-state index contributed by atoms with van der Waals surface area (Å²) < 4.78 is 21.2. The molecule has 0 spiro atoms. The SMILES string of the molecule is COc1ccc(C[C@H](CCO)[C@H](O)Cc2ccc(OC)c(OC)c2)cc1OC. The van der Waals surface area contributed by atoms with E-state index in [1.54, 1.807) is 28.4 Å². The normalized spacial score (nSPS) is 12.9. The molecule has 2 N–H and O–H groups in total. The minimum Gasteiger partial charge on any atom is -0.493 e. The standard InChI is InChI=1S/C22H30O6/c1-25-19-7-5-15(13-21(19)27-3)11-17(9-10-23)18(24)12-16-6-8-20(26-2)22(14-16)28-4/h5-8,13-14,17-18,23-24H,9-12H2,1-4H3/t17-,18+/m0/s1. The van der Waals surface area contributed by atoms with E-state index in [0.717, 1.165) is 11.1 Å². The van der Waals surface area contributed by atoms with Crippen molar-refractivity contribution in [3.8, 4) is 23.0 Å². The van der Waals surface area contributed by atoms with E-state index in [-0.39, 0.29) is 12.5 Å². The van der Waals surface area contributed by atoms with Crippen molar-refractivity contribution in [2.75, 3.05) is 35.0 Å². The Morgan fingerprint density at radius 1 is 0.714 bits per heavy atom. The summed E-state index contributed by atoms with van der Waals surface area (Å²) in [6.07, 6.45) is 0.967. The molecular weight excluding hydrogens is 360 g/mol. The second-order valence-electron chi connectivity index (χ2n) is 6.63. The third-order valence-corrected chi connectivity index (χ3v) is 4.88. The quantitative estimate of drug-likeness (QED) is 0.614. The van der Waals surface area contributed by atoms with Gasteiger partial charge in [0.25, 0.3) is 0 Å². The molecule has 154 valence electrons. The number of benzene rings is 2. The molecule has 0 radical (unpaired) electrons. The van der Waals surface area contributed by atoms with Gasteiger partial charge in [0.15, 0.2) is 23.0 Å². The summed E-state index contributed by atoms with van der Waals surface area (Å²) in [5.74, 6) is 2.49. The van der Waals surface area contributed by atoms with Crippen LogP contribution in [0.15, 0.2) is 36.4 Å². The number of rotatable bonds is 11. The molecule has 2 atom stereocenters. The van der Waals surface area contributed by atoms with Crippen LogP contribution in [-0.2, 0) is 12.8 Å². The minimum absolute atomic E-state index is 0.0148. The molecule has 0 aromatic heterocycles. The number of hydrogen-bond acceptors (Lipinski definition) is 6. The average Bonchev–Trinajstić information content (AvgIpc) is 2.73. The highest BCUT2D eigenvalue weighted by molar-refractivity contribution is 5.44. The van der Waals surface area contributed by atoms with Crippen molar-refractivity contribution in [2.24, 2.45) is 5.92 Å². The number of hydrogen-bond donors (Lipinski definition) is 2. The summed E-state index contributed by atoms with van der Waals surface area (Å²) in [5.41, 5.74) is 1.96.